The fraction of sp³-hybridized carbons (Fsp3) is 0.650. The van der Waals surface area contributed by atoms with E-state index in [0.29, 0.717) is 17.9 Å². The lowest BCUT2D eigenvalue weighted by Gasteiger charge is -2.34. The number of nitrogens with zero attached hydrogens (tertiary/aromatic N) is 1. The Balaban J connectivity index is 1.42. The van der Waals surface area contributed by atoms with E-state index in [1.165, 1.54) is 50.5 Å². The van der Waals surface area contributed by atoms with Crippen LogP contribution in [0.3, 0.4) is 0 Å². The Hall–Kier alpha value is -1.31. The Morgan fingerprint density at radius 3 is 2.50 bits per heavy atom. The molecule has 0 aromatic heterocycles. The van der Waals surface area contributed by atoms with Crippen LogP contribution < -0.4 is 0 Å². The van der Waals surface area contributed by atoms with Crippen LogP contribution in [-0.4, -0.2) is 23.4 Å². The molecule has 2 heteroatoms. The third-order valence-electron chi connectivity index (χ3n) is 6.11. The second kappa shape index (κ2) is 6.06. The van der Waals surface area contributed by atoms with E-state index in [0.717, 1.165) is 18.9 Å². The van der Waals surface area contributed by atoms with Crippen molar-refractivity contribution >= 4 is 5.91 Å². The lowest BCUT2D eigenvalue weighted by Crippen LogP contribution is -2.41. The second-order valence-corrected chi connectivity index (χ2v) is 7.50. The van der Waals surface area contributed by atoms with Crippen LogP contribution in [0, 0.1) is 11.8 Å². The third kappa shape index (κ3) is 2.68. The number of amides is 1. The van der Waals surface area contributed by atoms with Crippen molar-refractivity contribution in [2.24, 2.45) is 11.8 Å². The van der Waals surface area contributed by atoms with Crippen molar-refractivity contribution in [1.29, 1.82) is 0 Å². The van der Waals surface area contributed by atoms with E-state index < -0.39 is 0 Å². The monoisotopic (exact) mass is 297 g/mol. The van der Waals surface area contributed by atoms with Gasteiger partial charge >= 0.3 is 0 Å². The van der Waals surface area contributed by atoms with Crippen molar-refractivity contribution in [3.05, 3.63) is 35.9 Å². The molecule has 2 nitrogen and oxygen atoms in total. The van der Waals surface area contributed by atoms with Gasteiger partial charge in [0.1, 0.15) is 0 Å². The standard InChI is InChI=1S/C20H27NO/c22-20(18-14-17(18)15-8-3-1-4-9-15)21-13-7-12-19(21)16-10-5-2-6-11-16/h1,3-4,8-9,16-19H,2,5-7,10-14H2/t17-,18-,19+/m1/s1. The van der Waals surface area contributed by atoms with Gasteiger partial charge in [-0.05, 0) is 49.5 Å². The van der Waals surface area contributed by atoms with Gasteiger partial charge in [-0.25, -0.2) is 0 Å². The van der Waals surface area contributed by atoms with Gasteiger partial charge in [-0.2, -0.15) is 0 Å². The van der Waals surface area contributed by atoms with Gasteiger partial charge in [-0.1, -0.05) is 49.6 Å². The molecule has 1 aromatic rings. The molecule has 118 valence electrons. The molecular weight excluding hydrogens is 270 g/mol. The highest BCUT2D eigenvalue weighted by molar-refractivity contribution is 5.83. The number of carbonyl (C=O) groups excluding carboxylic acids is 1. The molecule has 0 N–H and O–H groups in total. The van der Waals surface area contributed by atoms with E-state index in [9.17, 15) is 4.79 Å². The smallest absolute Gasteiger partial charge is 0.226 e. The summed E-state index contributed by atoms with van der Waals surface area (Å²) in [7, 11) is 0. The van der Waals surface area contributed by atoms with Crippen LogP contribution in [0.2, 0.25) is 0 Å². The van der Waals surface area contributed by atoms with Crippen LogP contribution in [0.25, 0.3) is 0 Å². The van der Waals surface area contributed by atoms with Crippen LogP contribution >= 0.6 is 0 Å². The number of likely N-dealkylation sites (tertiary alicyclic amines) is 1. The molecule has 22 heavy (non-hydrogen) atoms. The summed E-state index contributed by atoms with van der Waals surface area (Å²) in [5.74, 6) is 2.00. The van der Waals surface area contributed by atoms with Crippen molar-refractivity contribution in [1.82, 2.24) is 4.90 Å². The van der Waals surface area contributed by atoms with Gasteiger partial charge in [0, 0.05) is 18.5 Å². The molecular formula is C20H27NO. The lowest BCUT2D eigenvalue weighted by molar-refractivity contribution is -0.134. The van der Waals surface area contributed by atoms with Gasteiger partial charge in [0.2, 0.25) is 5.91 Å². The zero-order chi connectivity index (χ0) is 14.9. The Labute approximate surface area is 133 Å². The topological polar surface area (TPSA) is 20.3 Å². The zero-order valence-electron chi connectivity index (χ0n) is 13.4. The summed E-state index contributed by atoms with van der Waals surface area (Å²) in [6.45, 7) is 1.01. The minimum absolute atomic E-state index is 0.270. The van der Waals surface area contributed by atoms with Gasteiger partial charge in [0.05, 0.1) is 0 Å². The second-order valence-electron chi connectivity index (χ2n) is 7.50. The minimum atomic E-state index is 0.270. The molecule has 1 heterocycles. The first kappa shape index (κ1) is 14.3. The molecule has 3 aliphatic rings. The fourth-order valence-electron chi connectivity index (χ4n) is 4.82. The molecule has 2 aliphatic carbocycles. The molecule has 4 rings (SSSR count). The van der Waals surface area contributed by atoms with E-state index in [-0.39, 0.29) is 5.92 Å². The molecule has 1 aromatic carbocycles. The molecule has 1 amide bonds. The lowest BCUT2D eigenvalue weighted by atomic mass is 9.83. The summed E-state index contributed by atoms with van der Waals surface area (Å²) in [4.78, 5) is 15.3. The number of benzene rings is 1. The molecule has 3 atom stereocenters. The first-order valence-corrected chi connectivity index (χ1v) is 9.20. The summed E-state index contributed by atoms with van der Waals surface area (Å²) in [6, 6.07) is 11.2. The zero-order valence-corrected chi connectivity index (χ0v) is 13.4. The molecule has 0 unspecified atom stereocenters. The van der Waals surface area contributed by atoms with Crippen LogP contribution in [-0.2, 0) is 4.79 Å². The van der Waals surface area contributed by atoms with Crippen LogP contribution in [0.15, 0.2) is 30.3 Å². The highest BCUT2D eigenvalue weighted by atomic mass is 16.2. The van der Waals surface area contributed by atoms with Crippen molar-refractivity contribution in [2.75, 3.05) is 6.54 Å². The van der Waals surface area contributed by atoms with Crippen LogP contribution in [0.4, 0.5) is 0 Å². The molecule has 0 spiro atoms. The highest BCUT2D eigenvalue weighted by Gasteiger charge is 2.48. The summed E-state index contributed by atoms with van der Waals surface area (Å²) >= 11 is 0. The van der Waals surface area contributed by atoms with E-state index in [2.05, 4.69) is 35.2 Å². The number of rotatable bonds is 3. The van der Waals surface area contributed by atoms with E-state index in [1.54, 1.807) is 0 Å². The Bertz CT molecular complexity index is 520. The van der Waals surface area contributed by atoms with Crippen molar-refractivity contribution < 1.29 is 4.79 Å². The molecule has 1 aliphatic heterocycles. The van der Waals surface area contributed by atoms with Gasteiger partial charge in [0.25, 0.3) is 0 Å². The predicted molar refractivity (Wildman–Crippen MR) is 88.6 cm³/mol. The first-order chi connectivity index (χ1) is 10.8. The van der Waals surface area contributed by atoms with E-state index >= 15 is 0 Å². The van der Waals surface area contributed by atoms with Gasteiger partial charge in [0.15, 0.2) is 0 Å². The molecule has 2 saturated carbocycles. The normalized spacial score (nSPS) is 32.2. The Morgan fingerprint density at radius 2 is 1.73 bits per heavy atom. The van der Waals surface area contributed by atoms with Gasteiger partial charge < -0.3 is 4.90 Å². The molecule has 3 fully saturated rings. The maximum atomic E-state index is 13.0. The highest BCUT2D eigenvalue weighted by Crippen LogP contribution is 2.49. The van der Waals surface area contributed by atoms with Gasteiger partial charge in [-0.3, -0.25) is 4.79 Å². The fourth-order valence-corrected chi connectivity index (χ4v) is 4.82. The average Bonchev–Trinajstić information content (AvgIpc) is 3.24. The third-order valence-corrected chi connectivity index (χ3v) is 6.11. The summed E-state index contributed by atoms with van der Waals surface area (Å²) in [6.07, 6.45) is 10.4. The quantitative estimate of drug-likeness (QED) is 0.811. The van der Waals surface area contributed by atoms with E-state index in [1.807, 2.05) is 0 Å². The largest absolute Gasteiger partial charge is 0.339 e. The van der Waals surface area contributed by atoms with E-state index in [4.69, 9.17) is 0 Å². The Morgan fingerprint density at radius 1 is 0.955 bits per heavy atom. The summed E-state index contributed by atoms with van der Waals surface area (Å²) in [5.41, 5.74) is 1.36. The number of hydrogen-bond donors (Lipinski definition) is 0. The van der Waals surface area contributed by atoms with Crippen LogP contribution in [0.5, 0.6) is 0 Å². The van der Waals surface area contributed by atoms with Crippen LogP contribution in [0.1, 0.15) is 62.8 Å². The summed E-state index contributed by atoms with van der Waals surface area (Å²) < 4.78 is 0. The van der Waals surface area contributed by atoms with Gasteiger partial charge in [-0.15, -0.1) is 0 Å². The SMILES string of the molecule is O=C([C@@H]1C[C@@H]1c1ccccc1)N1CCC[C@H]1C1CCCCC1. The molecule has 1 saturated heterocycles. The maximum absolute atomic E-state index is 13.0. The molecule has 0 radical (unpaired) electrons. The van der Waals surface area contributed by atoms with Crippen molar-refractivity contribution in [3.8, 4) is 0 Å². The minimum Gasteiger partial charge on any atom is -0.339 e. The number of hydrogen-bond acceptors (Lipinski definition) is 1. The van der Waals surface area contributed by atoms with Crippen molar-refractivity contribution in [3.63, 3.8) is 0 Å². The number of carbonyl (C=O) groups is 1. The first-order valence-electron chi connectivity index (χ1n) is 9.20. The summed E-state index contributed by atoms with van der Waals surface area (Å²) in [5, 5.41) is 0. The Kier molecular flexibility index (Phi) is 3.94. The predicted octanol–water partition coefficient (Wildman–Crippen LogP) is 4.36. The molecule has 0 bridgehead atoms. The van der Waals surface area contributed by atoms with Crippen molar-refractivity contribution in [2.45, 2.75) is 63.3 Å². The average molecular weight is 297 g/mol. The maximum Gasteiger partial charge on any atom is 0.226 e.